The van der Waals surface area contributed by atoms with E-state index in [-0.39, 0.29) is 23.5 Å². The van der Waals surface area contributed by atoms with E-state index >= 15 is 0 Å². The minimum absolute atomic E-state index is 0.228. The van der Waals surface area contributed by atoms with E-state index in [1.165, 1.54) is 24.5 Å². The largest absolute Gasteiger partial charge is 0.372 e. The number of amides is 1. The van der Waals surface area contributed by atoms with E-state index in [1.807, 2.05) is 6.92 Å². The van der Waals surface area contributed by atoms with Gasteiger partial charge >= 0.3 is 0 Å². The maximum atomic E-state index is 12.8. The number of nitrogens with zero attached hydrogens (tertiary/aromatic N) is 2. The van der Waals surface area contributed by atoms with Crippen molar-refractivity contribution in [2.45, 2.75) is 13.0 Å². The van der Waals surface area contributed by atoms with Gasteiger partial charge in [-0.05, 0) is 24.6 Å². The zero-order valence-electron chi connectivity index (χ0n) is 11.2. The fourth-order valence-corrected chi connectivity index (χ4v) is 1.70. The summed E-state index contributed by atoms with van der Waals surface area (Å²) in [6.07, 6.45) is 2.92. The number of anilines is 1. The van der Waals surface area contributed by atoms with Crippen LogP contribution in [0, 0.1) is 5.82 Å². The number of carbonyl (C=O) groups excluding carboxylic acids is 1. The molecule has 0 aliphatic heterocycles. The zero-order chi connectivity index (χ0) is 14.5. The molecule has 104 valence electrons. The molecule has 0 radical (unpaired) electrons. The summed E-state index contributed by atoms with van der Waals surface area (Å²) in [5.41, 5.74) is 1.04. The fraction of sp³-hybridized carbons (Fsp3) is 0.214. The third kappa shape index (κ3) is 3.28. The lowest BCUT2D eigenvalue weighted by Gasteiger charge is -2.14. The van der Waals surface area contributed by atoms with Crippen LogP contribution in [0.5, 0.6) is 0 Å². The lowest BCUT2D eigenvalue weighted by molar-refractivity contribution is 0.0934. The summed E-state index contributed by atoms with van der Waals surface area (Å²) in [7, 11) is 1.70. The van der Waals surface area contributed by atoms with Crippen LogP contribution in [-0.2, 0) is 0 Å². The molecule has 0 aliphatic rings. The van der Waals surface area contributed by atoms with Gasteiger partial charge < -0.3 is 10.6 Å². The normalized spacial score (nSPS) is 11.8. The van der Waals surface area contributed by atoms with Gasteiger partial charge in [0.25, 0.3) is 5.91 Å². The molecule has 0 bridgehead atoms. The molecule has 0 aliphatic carbocycles. The van der Waals surface area contributed by atoms with Crippen LogP contribution in [0.2, 0.25) is 0 Å². The molecule has 1 atom stereocenters. The maximum Gasteiger partial charge on any atom is 0.272 e. The number of aromatic nitrogens is 2. The van der Waals surface area contributed by atoms with Gasteiger partial charge in [-0.1, -0.05) is 12.1 Å². The van der Waals surface area contributed by atoms with Gasteiger partial charge in [0.1, 0.15) is 17.3 Å². The van der Waals surface area contributed by atoms with Crippen molar-refractivity contribution < 1.29 is 9.18 Å². The van der Waals surface area contributed by atoms with Crippen LogP contribution >= 0.6 is 0 Å². The molecule has 1 aromatic carbocycles. The number of carbonyl (C=O) groups is 1. The van der Waals surface area contributed by atoms with E-state index in [0.29, 0.717) is 5.82 Å². The lowest BCUT2D eigenvalue weighted by Crippen LogP contribution is -2.27. The highest BCUT2D eigenvalue weighted by Gasteiger charge is 2.13. The average molecular weight is 274 g/mol. The first kappa shape index (κ1) is 13.9. The van der Waals surface area contributed by atoms with E-state index in [9.17, 15) is 9.18 Å². The van der Waals surface area contributed by atoms with E-state index in [2.05, 4.69) is 20.6 Å². The van der Waals surface area contributed by atoms with Gasteiger partial charge in [0, 0.05) is 7.05 Å². The van der Waals surface area contributed by atoms with Crippen molar-refractivity contribution in [3.63, 3.8) is 0 Å². The summed E-state index contributed by atoms with van der Waals surface area (Å²) in [4.78, 5) is 20.1. The summed E-state index contributed by atoms with van der Waals surface area (Å²) in [5.74, 6) is -0.113. The summed E-state index contributed by atoms with van der Waals surface area (Å²) >= 11 is 0. The van der Waals surface area contributed by atoms with Crippen LogP contribution < -0.4 is 10.6 Å². The molecule has 20 heavy (non-hydrogen) atoms. The summed E-state index contributed by atoms with van der Waals surface area (Å²) in [6, 6.07) is 5.74. The second kappa shape index (κ2) is 6.10. The van der Waals surface area contributed by atoms with E-state index in [4.69, 9.17) is 0 Å². The third-order valence-electron chi connectivity index (χ3n) is 2.84. The smallest absolute Gasteiger partial charge is 0.272 e. The third-order valence-corrected chi connectivity index (χ3v) is 2.84. The maximum absolute atomic E-state index is 12.8. The van der Waals surface area contributed by atoms with Crippen molar-refractivity contribution in [1.29, 1.82) is 0 Å². The molecule has 1 heterocycles. The minimum atomic E-state index is -0.327. The van der Waals surface area contributed by atoms with Crippen molar-refractivity contribution in [3.8, 4) is 0 Å². The molecule has 1 unspecified atom stereocenters. The van der Waals surface area contributed by atoms with Crippen LogP contribution in [0.4, 0.5) is 10.2 Å². The second-order valence-electron chi connectivity index (χ2n) is 4.29. The molecular formula is C14H15FN4O. The Morgan fingerprint density at radius 3 is 2.60 bits per heavy atom. The molecule has 0 fully saturated rings. The lowest BCUT2D eigenvalue weighted by atomic mass is 10.1. The van der Waals surface area contributed by atoms with Crippen molar-refractivity contribution >= 4 is 11.7 Å². The Morgan fingerprint density at radius 2 is 1.95 bits per heavy atom. The summed E-state index contributed by atoms with van der Waals surface area (Å²) in [6.45, 7) is 1.82. The van der Waals surface area contributed by atoms with Gasteiger partial charge in [-0.15, -0.1) is 0 Å². The predicted octanol–water partition coefficient (Wildman–Crippen LogP) is 2.15. The average Bonchev–Trinajstić information content (AvgIpc) is 2.47. The van der Waals surface area contributed by atoms with E-state index in [1.54, 1.807) is 19.2 Å². The van der Waals surface area contributed by atoms with E-state index < -0.39 is 0 Å². The SMILES string of the molecule is CNc1cncc(C(=O)NC(C)c2ccc(F)cc2)n1. The summed E-state index contributed by atoms with van der Waals surface area (Å²) in [5, 5.41) is 5.61. The summed E-state index contributed by atoms with van der Waals surface area (Å²) < 4.78 is 12.8. The Kier molecular flexibility index (Phi) is 4.24. The van der Waals surface area contributed by atoms with Crippen LogP contribution in [0.3, 0.4) is 0 Å². The Balaban J connectivity index is 2.08. The van der Waals surface area contributed by atoms with E-state index in [0.717, 1.165) is 5.56 Å². The highest BCUT2D eigenvalue weighted by Crippen LogP contribution is 2.13. The van der Waals surface area contributed by atoms with Gasteiger partial charge in [-0.3, -0.25) is 9.78 Å². The number of hydrogen-bond donors (Lipinski definition) is 2. The molecule has 1 amide bonds. The molecular weight excluding hydrogens is 259 g/mol. The van der Waals surface area contributed by atoms with Gasteiger partial charge in [-0.25, -0.2) is 9.37 Å². The topological polar surface area (TPSA) is 66.9 Å². The standard InChI is InChI=1S/C14H15FN4O/c1-9(10-3-5-11(15)6-4-10)18-14(20)12-7-17-8-13(16-2)19-12/h3-9H,1-2H3,(H,16,19)(H,18,20). The molecule has 6 heteroatoms. The molecule has 1 aromatic heterocycles. The van der Waals surface area contributed by atoms with Crippen LogP contribution in [0.1, 0.15) is 29.0 Å². The Bertz CT molecular complexity index is 600. The number of benzene rings is 1. The highest BCUT2D eigenvalue weighted by molar-refractivity contribution is 5.92. The Hall–Kier alpha value is -2.50. The first-order chi connectivity index (χ1) is 9.60. The molecule has 0 spiro atoms. The number of nitrogens with one attached hydrogen (secondary N) is 2. The van der Waals surface area contributed by atoms with Gasteiger partial charge in [0.15, 0.2) is 0 Å². The fourth-order valence-electron chi connectivity index (χ4n) is 1.70. The van der Waals surface area contributed by atoms with Crippen LogP contribution in [0.15, 0.2) is 36.7 Å². The number of rotatable bonds is 4. The van der Waals surface area contributed by atoms with Gasteiger partial charge in [0.2, 0.25) is 0 Å². The first-order valence-corrected chi connectivity index (χ1v) is 6.16. The van der Waals surface area contributed by atoms with Crippen LogP contribution in [0.25, 0.3) is 0 Å². The quantitative estimate of drug-likeness (QED) is 0.896. The molecule has 0 saturated carbocycles. The second-order valence-corrected chi connectivity index (χ2v) is 4.29. The number of hydrogen-bond acceptors (Lipinski definition) is 4. The molecule has 5 nitrogen and oxygen atoms in total. The van der Waals surface area contributed by atoms with Crippen molar-refractivity contribution in [2.75, 3.05) is 12.4 Å². The molecule has 2 rings (SSSR count). The van der Waals surface area contributed by atoms with Gasteiger partial charge in [0.05, 0.1) is 18.4 Å². The zero-order valence-corrected chi connectivity index (χ0v) is 11.2. The monoisotopic (exact) mass is 274 g/mol. The van der Waals surface area contributed by atoms with Crippen LogP contribution in [-0.4, -0.2) is 22.9 Å². The van der Waals surface area contributed by atoms with Crippen molar-refractivity contribution in [1.82, 2.24) is 15.3 Å². The van der Waals surface area contributed by atoms with Crippen molar-refractivity contribution in [2.24, 2.45) is 0 Å². The molecule has 0 saturated heterocycles. The van der Waals surface area contributed by atoms with Gasteiger partial charge in [-0.2, -0.15) is 0 Å². The highest BCUT2D eigenvalue weighted by atomic mass is 19.1. The first-order valence-electron chi connectivity index (χ1n) is 6.16. The number of halogens is 1. The predicted molar refractivity (Wildman–Crippen MR) is 73.9 cm³/mol. The Morgan fingerprint density at radius 1 is 1.25 bits per heavy atom. The Labute approximate surface area is 116 Å². The van der Waals surface area contributed by atoms with Crippen molar-refractivity contribution in [3.05, 3.63) is 53.7 Å². The molecule has 2 aromatic rings. The minimum Gasteiger partial charge on any atom is -0.372 e. The molecule has 2 N–H and O–H groups in total.